The highest BCUT2D eigenvalue weighted by atomic mass is 32.2. The average molecular weight is 253 g/mol. The molecule has 1 heterocycles. The molecule has 0 saturated carbocycles. The average Bonchev–Trinajstić information content (AvgIpc) is 2.73. The van der Waals surface area contributed by atoms with Crippen molar-refractivity contribution >= 4 is 23.5 Å². The zero-order valence-electron chi connectivity index (χ0n) is 9.69. The van der Waals surface area contributed by atoms with Crippen LogP contribution in [0.1, 0.15) is 18.4 Å². The van der Waals surface area contributed by atoms with Crippen molar-refractivity contribution in [2.45, 2.75) is 17.7 Å². The molecule has 0 amide bonds. The Morgan fingerprint density at radius 1 is 1.50 bits per heavy atom. The summed E-state index contributed by atoms with van der Waals surface area (Å²) in [5, 5.41) is 0. The van der Waals surface area contributed by atoms with Gasteiger partial charge in [-0.05, 0) is 29.8 Å². The van der Waals surface area contributed by atoms with Crippen LogP contribution >= 0.6 is 23.5 Å². The van der Waals surface area contributed by atoms with Crippen LogP contribution in [0.15, 0.2) is 29.2 Å². The fourth-order valence-corrected chi connectivity index (χ4v) is 4.51. The molecule has 1 nitrogen and oxygen atoms in total. The Bertz CT molecular complexity index is 340. The second-order valence-electron chi connectivity index (χ2n) is 4.42. The van der Waals surface area contributed by atoms with Gasteiger partial charge < -0.3 is 5.73 Å². The molecule has 3 heteroatoms. The van der Waals surface area contributed by atoms with Crippen LogP contribution in [0.4, 0.5) is 0 Å². The lowest BCUT2D eigenvalue weighted by Crippen LogP contribution is -2.13. The Balaban J connectivity index is 1.84. The molecule has 16 heavy (non-hydrogen) atoms. The van der Waals surface area contributed by atoms with Crippen LogP contribution in [0, 0.1) is 5.92 Å². The molecular formula is C13H19NS2. The molecule has 88 valence electrons. The minimum atomic E-state index is 0.647. The summed E-state index contributed by atoms with van der Waals surface area (Å²) in [6.07, 6.45) is 0. The molecule has 2 atom stereocenters. The van der Waals surface area contributed by atoms with Crippen LogP contribution in [-0.2, 0) is 0 Å². The smallest absolute Gasteiger partial charge is 0.0108 e. The van der Waals surface area contributed by atoms with Gasteiger partial charge in [0.2, 0.25) is 0 Å². The second kappa shape index (κ2) is 5.99. The molecule has 1 aromatic carbocycles. The molecule has 0 spiro atoms. The first-order valence-corrected chi connectivity index (χ1v) is 7.95. The van der Waals surface area contributed by atoms with Gasteiger partial charge in [-0.2, -0.15) is 11.8 Å². The molecule has 2 N–H and O–H groups in total. The van der Waals surface area contributed by atoms with Crippen LogP contribution < -0.4 is 5.73 Å². The first kappa shape index (κ1) is 12.3. The van der Waals surface area contributed by atoms with Gasteiger partial charge in [0, 0.05) is 22.3 Å². The number of hydrogen-bond donors (Lipinski definition) is 1. The number of nitrogens with two attached hydrogens (primary N) is 1. The van der Waals surface area contributed by atoms with Crippen LogP contribution in [0.2, 0.25) is 0 Å². The summed E-state index contributed by atoms with van der Waals surface area (Å²) >= 11 is 4.06. The van der Waals surface area contributed by atoms with E-state index in [9.17, 15) is 0 Å². The summed E-state index contributed by atoms with van der Waals surface area (Å²) in [4.78, 5) is 1.49. The van der Waals surface area contributed by atoms with E-state index in [2.05, 4.69) is 43.0 Å². The second-order valence-corrected chi connectivity index (χ2v) is 6.56. The maximum absolute atomic E-state index is 5.63. The van der Waals surface area contributed by atoms with Crippen molar-refractivity contribution in [3.63, 3.8) is 0 Å². The third kappa shape index (κ3) is 2.96. The third-order valence-electron chi connectivity index (χ3n) is 2.92. The standard InChI is InChI=1S/C13H19NS2/c1-10(6-14)7-15-8-11-9-16-13-5-3-2-4-12(11)13/h2-5,10-11H,6-9,14H2,1H3. The van der Waals surface area contributed by atoms with Gasteiger partial charge >= 0.3 is 0 Å². The number of hydrogen-bond acceptors (Lipinski definition) is 3. The first-order chi connectivity index (χ1) is 7.81. The van der Waals surface area contributed by atoms with Crippen molar-refractivity contribution in [3.05, 3.63) is 29.8 Å². The van der Waals surface area contributed by atoms with Gasteiger partial charge in [-0.3, -0.25) is 0 Å². The van der Waals surface area contributed by atoms with Crippen molar-refractivity contribution in [2.24, 2.45) is 11.7 Å². The monoisotopic (exact) mass is 253 g/mol. The summed E-state index contributed by atoms with van der Waals surface area (Å²) in [6, 6.07) is 8.82. The minimum Gasteiger partial charge on any atom is -0.330 e. The van der Waals surface area contributed by atoms with Crippen molar-refractivity contribution in [2.75, 3.05) is 23.8 Å². The minimum absolute atomic E-state index is 0.647. The Morgan fingerprint density at radius 2 is 2.31 bits per heavy atom. The van der Waals surface area contributed by atoms with Crippen LogP contribution in [0.25, 0.3) is 0 Å². The molecule has 0 aromatic heterocycles. The fraction of sp³-hybridized carbons (Fsp3) is 0.538. The van der Waals surface area contributed by atoms with Gasteiger partial charge in [0.15, 0.2) is 0 Å². The highest BCUT2D eigenvalue weighted by Gasteiger charge is 2.22. The molecule has 1 aliphatic rings. The van der Waals surface area contributed by atoms with E-state index in [0.29, 0.717) is 5.92 Å². The van der Waals surface area contributed by atoms with Crippen molar-refractivity contribution in [3.8, 4) is 0 Å². The predicted molar refractivity (Wildman–Crippen MR) is 75.5 cm³/mol. The Hall–Kier alpha value is -0.120. The SMILES string of the molecule is CC(CN)CSCC1CSc2ccccc21. The van der Waals surface area contributed by atoms with Gasteiger partial charge in [-0.25, -0.2) is 0 Å². The Labute approximate surface area is 107 Å². The van der Waals surface area contributed by atoms with E-state index >= 15 is 0 Å². The fourth-order valence-electron chi connectivity index (χ4n) is 1.85. The molecule has 0 saturated heterocycles. The van der Waals surface area contributed by atoms with E-state index in [1.165, 1.54) is 22.2 Å². The predicted octanol–water partition coefficient (Wildman–Crippen LogP) is 3.20. The highest BCUT2D eigenvalue weighted by molar-refractivity contribution is 8.00. The van der Waals surface area contributed by atoms with Gasteiger partial charge in [0.05, 0.1) is 0 Å². The van der Waals surface area contributed by atoms with Gasteiger partial charge in [-0.15, -0.1) is 11.8 Å². The molecule has 1 aliphatic heterocycles. The molecule has 0 bridgehead atoms. The summed E-state index contributed by atoms with van der Waals surface area (Å²) in [7, 11) is 0. The molecule has 1 aromatic rings. The molecular weight excluding hydrogens is 234 g/mol. The zero-order valence-corrected chi connectivity index (χ0v) is 11.3. The van der Waals surface area contributed by atoms with Crippen molar-refractivity contribution in [1.29, 1.82) is 0 Å². The number of thioether (sulfide) groups is 2. The van der Waals surface area contributed by atoms with Gasteiger partial charge in [0.1, 0.15) is 0 Å². The number of benzene rings is 1. The van der Waals surface area contributed by atoms with E-state index in [1.807, 2.05) is 11.8 Å². The van der Waals surface area contributed by atoms with Crippen LogP contribution in [-0.4, -0.2) is 23.8 Å². The summed E-state index contributed by atoms with van der Waals surface area (Å²) in [5.41, 5.74) is 7.18. The van der Waals surface area contributed by atoms with Crippen LogP contribution in [0.3, 0.4) is 0 Å². The summed E-state index contributed by atoms with van der Waals surface area (Å²) in [6.45, 7) is 3.04. The Kier molecular flexibility index (Phi) is 4.62. The molecule has 0 aliphatic carbocycles. The lowest BCUT2D eigenvalue weighted by molar-refractivity contribution is 0.674. The quantitative estimate of drug-likeness (QED) is 0.872. The largest absolute Gasteiger partial charge is 0.330 e. The topological polar surface area (TPSA) is 26.0 Å². The van der Waals surface area contributed by atoms with Crippen LogP contribution in [0.5, 0.6) is 0 Å². The highest BCUT2D eigenvalue weighted by Crippen LogP contribution is 2.40. The van der Waals surface area contributed by atoms with E-state index in [-0.39, 0.29) is 0 Å². The number of rotatable bonds is 5. The maximum atomic E-state index is 5.63. The van der Waals surface area contributed by atoms with E-state index in [4.69, 9.17) is 5.73 Å². The zero-order chi connectivity index (χ0) is 11.4. The van der Waals surface area contributed by atoms with E-state index < -0.39 is 0 Å². The number of fused-ring (bicyclic) bond motifs is 1. The van der Waals surface area contributed by atoms with E-state index in [0.717, 1.165) is 12.5 Å². The molecule has 0 radical (unpaired) electrons. The molecule has 2 unspecified atom stereocenters. The summed E-state index contributed by atoms with van der Waals surface area (Å²) < 4.78 is 0. The lowest BCUT2D eigenvalue weighted by Gasteiger charge is -2.12. The van der Waals surface area contributed by atoms with Crippen molar-refractivity contribution in [1.82, 2.24) is 0 Å². The third-order valence-corrected chi connectivity index (χ3v) is 5.62. The van der Waals surface area contributed by atoms with Gasteiger partial charge in [-0.1, -0.05) is 25.1 Å². The molecule has 2 rings (SSSR count). The molecule has 0 fully saturated rings. The van der Waals surface area contributed by atoms with Gasteiger partial charge in [0.25, 0.3) is 0 Å². The normalized spacial score (nSPS) is 20.8. The first-order valence-electron chi connectivity index (χ1n) is 5.80. The lowest BCUT2D eigenvalue weighted by atomic mass is 10.0. The Morgan fingerprint density at radius 3 is 3.12 bits per heavy atom. The maximum Gasteiger partial charge on any atom is 0.0108 e. The van der Waals surface area contributed by atoms with Crippen molar-refractivity contribution < 1.29 is 0 Å². The van der Waals surface area contributed by atoms with E-state index in [1.54, 1.807) is 5.56 Å². The summed E-state index contributed by atoms with van der Waals surface area (Å²) in [5.74, 6) is 5.09.